The summed E-state index contributed by atoms with van der Waals surface area (Å²) >= 11 is 0. The summed E-state index contributed by atoms with van der Waals surface area (Å²) in [6.45, 7) is 7.86. The van der Waals surface area contributed by atoms with Gasteiger partial charge >= 0.3 is 5.97 Å². The molecule has 5 unspecified atom stereocenters. The number of fused-ring (bicyclic) bond motifs is 5. The molecule has 1 aliphatic heterocycles. The van der Waals surface area contributed by atoms with E-state index in [1.807, 2.05) is 0 Å². The Hall–Kier alpha value is -1.30. The van der Waals surface area contributed by atoms with Crippen LogP contribution in [-0.2, 0) is 19.1 Å². The van der Waals surface area contributed by atoms with E-state index in [0.29, 0.717) is 30.1 Å². The van der Waals surface area contributed by atoms with E-state index in [0.717, 1.165) is 51.4 Å². The van der Waals surface area contributed by atoms with Crippen molar-refractivity contribution in [1.82, 2.24) is 5.32 Å². The molecule has 15 atom stereocenters. The van der Waals surface area contributed by atoms with Crippen LogP contribution in [0, 0.1) is 46.3 Å². The molecule has 1 amide bonds. The van der Waals surface area contributed by atoms with Crippen LogP contribution in [0.1, 0.15) is 91.9 Å². The standard InChI is InChI=1S/C32H53NO9/c1-16(5-8-25(37)38)20-6-7-21-26-22(10-12-32(20,21)4)31(3)11-9-19(36)13-18(31)14-23(26)41-30-27(33-17(2)35)29(40)28(39)24(15-34)42-30/h16,18-24,26-30,34,36,39-40H,5-15H2,1-4H3,(H,33,35)(H,37,38)/t16-,18+,19-,20?,21?,22?,23+,24-,26?,27+,28-,29-,30?,31+,32-/m1/s1. The molecule has 5 rings (SSSR count). The fraction of sp³-hybridized carbons (Fsp3) is 0.938. The van der Waals surface area contributed by atoms with E-state index in [2.05, 4.69) is 26.1 Å². The van der Waals surface area contributed by atoms with Crippen LogP contribution in [0.25, 0.3) is 0 Å². The van der Waals surface area contributed by atoms with Crippen molar-refractivity contribution in [1.29, 1.82) is 0 Å². The highest BCUT2D eigenvalue weighted by Crippen LogP contribution is 2.69. The first-order chi connectivity index (χ1) is 19.8. The van der Waals surface area contributed by atoms with Crippen LogP contribution in [0.4, 0.5) is 0 Å². The third-order valence-corrected chi connectivity index (χ3v) is 12.8. The van der Waals surface area contributed by atoms with E-state index in [-0.39, 0.29) is 47.2 Å². The SMILES string of the molecule is CC(=O)N[C@@H]1C(O[C@H]2C[C@@H]3C[C@H](O)CC[C@]3(C)C3CC[C@@]4(C)C(CCC4[C@H](C)CCC(=O)O)C32)O[C@H](CO)[C@@H](O)[C@@H]1O. The Morgan fingerprint density at radius 1 is 1.00 bits per heavy atom. The predicted molar refractivity (Wildman–Crippen MR) is 153 cm³/mol. The van der Waals surface area contributed by atoms with Gasteiger partial charge in [-0.3, -0.25) is 9.59 Å². The highest BCUT2D eigenvalue weighted by atomic mass is 16.7. The lowest BCUT2D eigenvalue weighted by atomic mass is 9.43. The summed E-state index contributed by atoms with van der Waals surface area (Å²) in [5.41, 5.74) is 0.123. The molecule has 42 heavy (non-hydrogen) atoms. The van der Waals surface area contributed by atoms with E-state index in [9.17, 15) is 35.1 Å². The minimum atomic E-state index is -1.37. The number of amides is 1. The number of aliphatic hydroxyl groups is 4. The molecule has 5 fully saturated rings. The monoisotopic (exact) mass is 595 g/mol. The van der Waals surface area contributed by atoms with Gasteiger partial charge in [0.15, 0.2) is 6.29 Å². The quantitative estimate of drug-likeness (QED) is 0.231. The van der Waals surface area contributed by atoms with Gasteiger partial charge < -0.3 is 40.3 Å². The van der Waals surface area contributed by atoms with Crippen LogP contribution in [0.2, 0.25) is 0 Å². The fourth-order valence-corrected chi connectivity index (χ4v) is 10.6. The lowest BCUT2D eigenvalue weighted by Crippen LogP contribution is -2.66. The number of carboxylic acids is 1. The second kappa shape index (κ2) is 12.2. The van der Waals surface area contributed by atoms with Gasteiger partial charge in [-0.25, -0.2) is 0 Å². The summed E-state index contributed by atoms with van der Waals surface area (Å²) < 4.78 is 12.9. The third kappa shape index (κ3) is 5.65. The van der Waals surface area contributed by atoms with Crippen molar-refractivity contribution in [2.24, 2.45) is 46.3 Å². The summed E-state index contributed by atoms with van der Waals surface area (Å²) in [4.78, 5) is 23.5. The molecule has 0 aromatic heterocycles. The van der Waals surface area contributed by atoms with Crippen molar-refractivity contribution in [2.45, 2.75) is 135 Å². The topological polar surface area (TPSA) is 166 Å². The number of aliphatic carboxylic acids is 1. The summed E-state index contributed by atoms with van der Waals surface area (Å²) in [5.74, 6) is 0.814. The number of rotatable bonds is 8. The largest absolute Gasteiger partial charge is 0.481 e. The first kappa shape index (κ1) is 32.1. The average molecular weight is 596 g/mol. The number of carbonyl (C=O) groups excluding carboxylic acids is 1. The zero-order valence-corrected chi connectivity index (χ0v) is 25.7. The molecular formula is C32H53NO9. The number of hydrogen-bond acceptors (Lipinski definition) is 8. The molecule has 0 aromatic carbocycles. The van der Waals surface area contributed by atoms with Gasteiger partial charge in [-0.05, 0) is 104 Å². The van der Waals surface area contributed by atoms with Crippen LogP contribution < -0.4 is 5.32 Å². The van der Waals surface area contributed by atoms with Crippen molar-refractivity contribution in [3.05, 3.63) is 0 Å². The van der Waals surface area contributed by atoms with Gasteiger partial charge in [0, 0.05) is 13.3 Å². The molecule has 1 heterocycles. The van der Waals surface area contributed by atoms with Crippen LogP contribution >= 0.6 is 0 Å². The van der Waals surface area contributed by atoms with Gasteiger partial charge in [0.1, 0.15) is 24.4 Å². The van der Waals surface area contributed by atoms with Gasteiger partial charge in [-0.1, -0.05) is 20.8 Å². The number of hydrogen-bond donors (Lipinski definition) is 6. The Morgan fingerprint density at radius 2 is 1.69 bits per heavy atom. The normalized spacial score (nSPS) is 49.3. The molecule has 10 heteroatoms. The van der Waals surface area contributed by atoms with Gasteiger partial charge in [-0.2, -0.15) is 0 Å². The molecule has 6 N–H and O–H groups in total. The maximum absolute atomic E-state index is 12.1. The fourth-order valence-electron chi connectivity index (χ4n) is 10.6. The molecule has 10 nitrogen and oxygen atoms in total. The van der Waals surface area contributed by atoms with Crippen molar-refractivity contribution in [2.75, 3.05) is 6.61 Å². The van der Waals surface area contributed by atoms with Crippen LogP contribution in [0.5, 0.6) is 0 Å². The molecule has 4 aliphatic carbocycles. The maximum atomic E-state index is 12.1. The average Bonchev–Trinajstić information content (AvgIpc) is 3.29. The second-order valence-corrected chi connectivity index (χ2v) is 14.9. The van der Waals surface area contributed by atoms with E-state index in [1.54, 1.807) is 0 Å². The number of carboxylic acid groups (broad SMARTS) is 1. The van der Waals surface area contributed by atoms with Crippen LogP contribution in [0.15, 0.2) is 0 Å². The smallest absolute Gasteiger partial charge is 0.303 e. The lowest BCUT2D eigenvalue weighted by Gasteiger charge is -2.63. The van der Waals surface area contributed by atoms with Crippen molar-refractivity contribution in [3.8, 4) is 0 Å². The zero-order valence-electron chi connectivity index (χ0n) is 25.7. The molecule has 1 saturated heterocycles. The van der Waals surface area contributed by atoms with Gasteiger partial charge in [0.25, 0.3) is 0 Å². The van der Waals surface area contributed by atoms with E-state index in [4.69, 9.17) is 9.47 Å². The molecule has 4 saturated carbocycles. The van der Waals surface area contributed by atoms with Crippen molar-refractivity contribution >= 4 is 11.9 Å². The molecule has 0 radical (unpaired) electrons. The summed E-state index contributed by atoms with van der Waals surface area (Å²) in [6, 6.07) is -0.994. The van der Waals surface area contributed by atoms with E-state index >= 15 is 0 Å². The third-order valence-electron chi connectivity index (χ3n) is 12.8. The molecule has 5 aliphatic rings. The van der Waals surface area contributed by atoms with Gasteiger partial charge in [-0.15, -0.1) is 0 Å². The summed E-state index contributed by atoms with van der Waals surface area (Å²) in [7, 11) is 0. The zero-order chi connectivity index (χ0) is 30.6. The van der Waals surface area contributed by atoms with Gasteiger partial charge in [0.2, 0.25) is 5.91 Å². The highest BCUT2D eigenvalue weighted by molar-refractivity contribution is 5.73. The molecule has 240 valence electrons. The predicted octanol–water partition coefficient (Wildman–Crippen LogP) is 2.45. The van der Waals surface area contributed by atoms with E-state index < -0.39 is 43.2 Å². The highest BCUT2D eigenvalue weighted by Gasteiger charge is 2.64. The molecular weight excluding hydrogens is 542 g/mol. The number of carbonyl (C=O) groups is 2. The molecule has 0 bridgehead atoms. The van der Waals surface area contributed by atoms with Crippen LogP contribution in [-0.4, -0.2) is 86.9 Å². The first-order valence-electron chi connectivity index (χ1n) is 16.2. The minimum absolute atomic E-state index is 0.0475. The Labute approximate surface area is 249 Å². The molecule has 0 aromatic rings. The Bertz CT molecular complexity index is 995. The number of aliphatic hydroxyl groups excluding tert-OH is 4. The number of ether oxygens (including phenoxy) is 2. The summed E-state index contributed by atoms with van der Waals surface area (Å²) in [5, 5.41) is 54.1. The summed E-state index contributed by atoms with van der Waals surface area (Å²) in [6.07, 6.45) is 2.90. The number of nitrogens with one attached hydrogen (secondary N) is 1. The Kier molecular flexibility index (Phi) is 9.36. The lowest BCUT2D eigenvalue weighted by molar-refractivity contribution is -0.304. The van der Waals surface area contributed by atoms with E-state index in [1.165, 1.54) is 6.92 Å². The Morgan fingerprint density at radius 3 is 2.36 bits per heavy atom. The van der Waals surface area contributed by atoms with Crippen molar-refractivity contribution < 1.29 is 44.6 Å². The van der Waals surface area contributed by atoms with Crippen molar-refractivity contribution in [3.63, 3.8) is 0 Å². The van der Waals surface area contributed by atoms with Crippen LogP contribution in [0.3, 0.4) is 0 Å². The second-order valence-electron chi connectivity index (χ2n) is 14.9. The minimum Gasteiger partial charge on any atom is -0.481 e. The van der Waals surface area contributed by atoms with Gasteiger partial charge in [0.05, 0.1) is 18.8 Å². The Balaban J connectivity index is 1.47. The maximum Gasteiger partial charge on any atom is 0.303 e. The molecule has 0 spiro atoms. The first-order valence-corrected chi connectivity index (χ1v) is 16.2.